The summed E-state index contributed by atoms with van der Waals surface area (Å²) in [5.74, 6) is -1.47. The van der Waals surface area contributed by atoms with Gasteiger partial charge in [-0.1, -0.05) is 29.8 Å². The summed E-state index contributed by atoms with van der Waals surface area (Å²) >= 11 is 0. The van der Waals surface area contributed by atoms with Crippen LogP contribution in [0.1, 0.15) is 27.9 Å². The maximum absolute atomic E-state index is 12.0. The highest BCUT2D eigenvalue weighted by atomic mass is 16.5. The number of aryl methyl sites for hydroxylation is 1. The number of hydrogen-bond acceptors (Lipinski definition) is 5. The molecule has 0 aliphatic carbocycles. The standard InChI is InChI=1S/C20H19N3O4/c1-14-2-4-15(5-3-14)12-22-19(25)13-27-20(26)16-6-8-17(9-7-16)23-18(24)10-11-21/h2-9H,10,12-13H2,1H3,(H,22,25)(H,23,24). The van der Waals surface area contributed by atoms with Crippen molar-refractivity contribution in [2.45, 2.75) is 19.9 Å². The van der Waals surface area contributed by atoms with E-state index in [1.165, 1.54) is 24.3 Å². The van der Waals surface area contributed by atoms with Crippen LogP contribution < -0.4 is 10.6 Å². The van der Waals surface area contributed by atoms with E-state index in [-0.39, 0.29) is 18.6 Å². The SMILES string of the molecule is Cc1ccc(CNC(=O)COC(=O)c2ccc(NC(=O)CC#N)cc2)cc1. The fourth-order valence-corrected chi connectivity index (χ4v) is 2.14. The largest absolute Gasteiger partial charge is 0.452 e. The van der Waals surface area contributed by atoms with Crippen LogP contribution in [0.15, 0.2) is 48.5 Å². The molecule has 0 aliphatic heterocycles. The summed E-state index contributed by atoms with van der Waals surface area (Å²) in [5, 5.41) is 13.6. The minimum atomic E-state index is -0.643. The van der Waals surface area contributed by atoms with Crippen LogP contribution in [0.3, 0.4) is 0 Å². The molecule has 2 aromatic carbocycles. The molecule has 7 heteroatoms. The molecule has 0 bridgehead atoms. The lowest BCUT2D eigenvalue weighted by atomic mass is 10.1. The molecule has 0 aromatic heterocycles. The van der Waals surface area contributed by atoms with Crippen molar-refractivity contribution in [3.8, 4) is 6.07 Å². The maximum Gasteiger partial charge on any atom is 0.338 e. The zero-order chi connectivity index (χ0) is 19.6. The molecule has 0 unspecified atom stereocenters. The number of benzene rings is 2. The number of esters is 1. The van der Waals surface area contributed by atoms with Gasteiger partial charge in [-0.15, -0.1) is 0 Å². The van der Waals surface area contributed by atoms with Gasteiger partial charge in [0.1, 0.15) is 6.42 Å². The molecule has 0 aliphatic rings. The molecule has 2 amide bonds. The van der Waals surface area contributed by atoms with Crippen molar-refractivity contribution in [1.29, 1.82) is 5.26 Å². The molecule has 0 atom stereocenters. The van der Waals surface area contributed by atoms with Gasteiger partial charge >= 0.3 is 5.97 Å². The van der Waals surface area contributed by atoms with Crippen LogP contribution in [-0.4, -0.2) is 24.4 Å². The molecular weight excluding hydrogens is 346 g/mol. The van der Waals surface area contributed by atoms with Gasteiger partial charge < -0.3 is 15.4 Å². The first kappa shape index (κ1) is 19.7. The van der Waals surface area contributed by atoms with E-state index in [1.54, 1.807) is 6.07 Å². The highest BCUT2D eigenvalue weighted by Crippen LogP contribution is 2.11. The summed E-state index contributed by atoms with van der Waals surface area (Å²) in [5.41, 5.74) is 2.80. The van der Waals surface area contributed by atoms with Crippen LogP contribution in [0, 0.1) is 18.3 Å². The van der Waals surface area contributed by atoms with Crippen molar-refractivity contribution in [2.75, 3.05) is 11.9 Å². The first-order valence-corrected chi connectivity index (χ1v) is 8.24. The first-order valence-electron chi connectivity index (χ1n) is 8.24. The minimum Gasteiger partial charge on any atom is -0.452 e. The average molecular weight is 365 g/mol. The average Bonchev–Trinajstić information content (AvgIpc) is 2.66. The predicted molar refractivity (Wildman–Crippen MR) is 98.6 cm³/mol. The minimum absolute atomic E-state index is 0.249. The van der Waals surface area contributed by atoms with E-state index in [9.17, 15) is 14.4 Å². The van der Waals surface area contributed by atoms with Crippen LogP contribution in [0.5, 0.6) is 0 Å². The summed E-state index contributed by atoms with van der Waals surface area (Å²) in [6.07, 6.45) is -0.249. The molecule has 2 rings (SSSR count). The summed E-state index contributed by atoms with van der Waals surface area (Å²) in [4.78, 5) is 35.1. The van der Waals surface area contributed by atoms with Crippen molar-refractivity contribution in [3.05, 3.63) is 65.2 Å². The molecular formula is C20H19N3O4. The maximum atomic E-state index is 12.0. The molecule has 0 spiro atoms. The van der Waals surface area contributed by atoms with Crippen LogP contribution in [-0.2, 0) is 20.9 Å². The van der Waals surface area contributed by atoms with E-state index in [0.29, 0.717) is 12.2 Å². The molecule has 0 heterocycles. The van der Waals surface area contributed by atoms with Gasteiger partial charge in [-0.3, -0.25) is 9.59 Å². The Labute approximate surface area is 156 Å². The Bertz CT molecular complexity index is 852. The van der Waals surface area contributed by atoms with E-state index < -0.39 is 17.8 Å². The summed E-state index contributed by atoms with van der Waals surface area (Å²) < 4.78 is 4.98. The van der Waals surface area contributed by atoms with Gasteiger partial charge in [-0.25, -0.2) is 4.79 Å². The normalized spacial score (nSPS) is 9.78. The topological polar surface area (TPSA) is 108 Å². The predicted octanol–water partition coefficient (Wildman–Crippen LogP) is 2.32. The molecule has 0 radical (unpaired) electrons. The molecule has 0 saturated heterocycles. The van der Waals surface area contributed by atoms with Crippen molar-refractivity contribution in [2.24, 2.45) is 0 Å². The number of nitrogens with zero attached hydrogens (tertiary/aromatic N) is 1. The number of nitrogens with one attached hydrogen (secondary N) is 2. The number of rotatable bonds is 7. The molecule has 0 fully saturated rings. The van der Waals surface area contributed by atoms with E-state index in [2.05, 4.69) is 10.6 Å². The smallest absolute Gasteiger partial charge is 0.338 e. The Morgan fingerprint density at radius 2 is 1.67 bits per heavy atom. The lowest BCUT2D eigenvalue weighted by molar-refractivity contribution is -0.124. The fourth-order valence-electron chi connectivity index (χ4n) is 2.14. The van der Waals surface area contributed by atoms with Gasteiger partial charge in [0.05, 0.1) is 11.6 Å². The van der Waals surface area contributed by atoms with Gasteiger partial charge in [0, 0.05) is 12.2 Å². The van der Waals surface area contributed by atoms with Crippen LogP contribution in [0.4, 0.5) is 5.69 Å². The molecule has 2 aromatic rings. The highest BCUT2D eigenvalue weighted by Gasteiger charge is 2.10. The molecule has 7 nitrogen and oxygen atoms in total. The van der Waals surface area contributed by atoms with Crippen LogP contribution >= 0.6 is 0 Å². The Morgan fingerprint density at radius 3 is 2.30 bits per heavy atom. The Morgan fingerprint density at radius 1 is 1.00 bits per heavy atom. The van der Waals surface area contributed by atoms with Crippen LogP contribution in [0.25, 0.3) is 0 Å². The van der Waals surface area contributed by atoms with E-state index in [0.717, 1.165) is 11.1 Å². The lowest BCUT2D eigenvalue weighted by Crippen LogP contribution is -2.28. The lowest BCUT2D eigenvalue weighted by Gasteiger charge is -2.08. The number of carbonyl (C=O) groups excluding carboxylic acids is 3. The number of amides is 2. The number of anilines is 1. The number of hydrogen-bond donors (Lipinski definition) is 2. The zero-order valence-corrected chi connectivity index (χ0v) is 14.8. The van der Waals surface area contributed by atoms with E-state index in [1.807, 2.05) is 31.2 Å². The zero-order valence-electron chi connectivity index (χ0n) is 14.8. The van der Waals surface area contributed by atoms with Crippen molar-refractivity contribution < 1.29 is 19.1 Å². The third-order valence-electron chi connectivity index (χ3n) is 3.59. The quantitative estimate of drug-likeness (QED) is 0.732. The third kappa shape index (κ3) is 6.63. The van der Waals surface area contributed by atoms with Gasteiger partial charge in [0.2, 0.25) is 5.91 Å². The highest BCUT2D eigenvalue weighted by molar-refractivity contribution is 5.94. The Kier molecular flexibility index (Phi) is 7.08. The second kappa shape index (κ2) is 9.73. The van der Waals surface area contributed by atoms with E-state index >= 15 is 0 Å². The van der Waals surface area contributed by atoms with Gasteiger partial charge in [-0.2, -0.15) is 5.26 Å². The fraction of sp³-hybridized carbons (Fsp3) is 0.200. The molecule has 0 saturated carbocycles. The molecule has 27 heavy (non-hydrogen) atoms. The van der Waals surface area contributed by atoms with Crippen molar-refractivity contribution in [1.82, 2.24) is 5.32 Å². The van der Waals surface area contributed by atoms with Gasteiger partial charge in [0.15, 0.2) is 6.61 Å². The van der Waals surface area contributed by atoms with Crippen LogP contribution in [0.2, 0.25) is 0 Å². The molecule has 138 valence electrons. The molecule has 2 N–H and O–H groups in total. The van der Waals surface area contributed by atoms with E-state index in [4.69, 9.17) is 10.00 Å². The first-order chi connectivity index (χ1) is 13.0. The third-order valence-corrected chi connectivity index (χ3v) is 3.59. The Balaban J connectivity index is 1.77. The number of nitriles is 1. The monoisotopic (exact) mass is 365 g/mol. The second-order valence-electron chi connectivity index (χ2n) is 5.80. The summed E-state index contributed by atoms with van der Waals surface area (Å²) in [7, 11) is 0. The van der Waals surface area contributed by atoms with Crippen molar-refractivity contribution in [3.63, 3.8) is 0 Å². The van der Waals surface area contributed by atoms with Crippen molar-refractivity contribution >= 4 is 23.5 Å². The second-order valence-corrected chi connectivity index (χ2v) is 5.80. The summed E-state index contributed by atoms with van der Waals surface area (Å²) in [6.45, 7) is 1.95. The number of carbonyl (C=O) groups is 3. The van der Waals surface area contributed by atoms with Gasteiger partial charge in [-0.05, 0) is 36.8 Å². The summed E-state index contributed by atoms with van der Waals surface area (Å²) in [6, 6.07) is 15.4. The number of ether oxygens (including phenoxy) is 1. The van der Waals surface area contributed by atoms with Gasteiger partial charge in [0.25, 0.3) is 5.91 Å². The Hall–Kier alpha value is -3.66.